The van der Waals surface area contributed by atoms with Crippen molar-refractivity contribution in [2.75, 3.05) is 12.1 Å². The van der Waals surface area contributed by atoms with E-state index in [-0.39, 0.29) is 5.91 Å². The van der Waals surface area contributed by atoms with Gasteiger partial charge in [-0.1, -0.05) is 23.7 Å². The molecule has 6 nitrogen and oxygen atoms in total. The Hall–Kier alpha value is -3.64. The van der Waals surface area contributed by atoms with Crippen molar-refractivity contribution in [3.63, 3.8) is 0 Å². The van der Waals surface area contributed by atoms with Gasteiger partial charge in [-0.2, -0.15) is 10.1 Å². The molecule has 1 aliphatic heterocycles. The molecule has 4 rings (SSSR count). The Morgan fingerprint density at radius 2 is 1.90 bits per heavy atom. The van der Waals surface area contributed by atoms with E-state index in [9.17, 15) is 9.59 Å². The van der Waals surface area contributed by atoms with E-state index in [4.69, 9.17) is 20.8 Å². The molecule has 30 heavy (non-hydrogen) atoms. The van der Waals surface area contributed by atoms with E-state index in [0.717, 1.165) is 5.56 Å². The lowest BCUT2D eigenvalue weighted by atomic mass is 10.1. The van der Waals surface area contributed by atoms with E-state index < -0.39 is 5.97 Å². The number of carbonyl (C=O) groups excluding carboxylic acids is 2. The summed E-state index contributed by atoms with van der Waals surface area (Å²) < 4.78 is 10.6. The Labute approximate surface area is 178 Å². The van der Waals surface area contributed by atoms with Gasteiger partial charge < -0.3 is 9.15 Å². The third kappa shape index (κ3) is 3.77. The number of halogens is 1. The highest BCUT2D eigenvalue weighted by Gasteiger charge is 2.29. The fraction of sp³-hybridized carbons (Fsp3) is 0.0870. The number of benzene rings is 2. The average molecular weight is 421 g/mol. The van der Waals surface area contributed by atoms with Gasteiger partial charge in [0, 0.05) is 10.6 Å². The van der Waals surface area contributed by atoms with E-state index in [0.29, 0.717) is 39.1 Å². The lowest BCUT2D eigenvalue weighted by molar-refractivity contribution is -0.114. The van der Waals surface area contributed by atoms with Crippen LogP contribution in [0, 0.1) is 0 Å². The largest absolute Gasteiger partial charge is 0.465 e. The molecule has 1 amide bonds. The Balaban J connectivity index is 1.60. The molecule has 0 bridgehead atoms. The third-order valence-corrected chi connectivity index (χ3v) is 4.87. The Kier molecular flexibility index (Phi) is 5.25. The second kappa shape index (κ2) is 8.00. The number of hydrogen-bond donors (Lipinski definition) is 0. The summed E-state index contributed by atoms with van der Waals surface area (Å²) in [6, 6.07) is 17.4. The number of methoxy groups -OCH3 is 1. The summed E-state index contributed by atoms with van der Waals surface area (Å²) >= 11 is 5.92. The van der Waals surface area contributed by atoms with Crippen molar-refractivity contribution < 1.29 is 18.7 Å². The van der Waals surface area contributed by atoms with E-state index in [1.54, 1.807) is 67.6 Å². The summed E-state index contributed by atoms with van der Waals surface area (Å²) in [4.78, 5) is 24.6. The van der Waals surface area contributed by atoms with Crippen molar-refractivity contribution in [2.24, 2.45) is 5.10 Å². The van der Waals surface area contributed by atoms with Gasteiger partial charge in [0.25, 0.3) is 5.91 Å². The topological polar surface area (TPSA) is 72.1 Å². The molecule has 2 heterocycles. The zero-order chi connectivity index (χ0) is 21.3. The fourth-order valence-electron chi connectivity index (χ4n) is 3.09. The molecule has 1 aromatic heterocycles. The minimum Gasteiger partial charge on any atom is -0.465 e. The molecule has 3 aromatic rings. The second-order valence-electron chi connectivity index (χ2n) is 6.61. The summed E-state index contributed by atoms with van der Waals surface area (Å²) in [6.07, 6.45) is 1.66. The predicted molar refractivity (Wildman–Crippen MR) is 116 cm³/mol. The first-order valence-corrected chi connectivity index (χ1v) is 9.50. The highest BCUT2D eigenvalue weighted by atomic mass is 35.5. The smallest absolute Gasteiger partial charge is 0.337 e. The van der Waals surface area contributed by atoms with E-state index in [2.05, 4.69) is 5.10 Å². The highest BCUT2D eigenvalue weighted by Crippen LogP contribution is 2.28. The van der Waals surface area contributed by atoms with Crippen LogP contribution in [0.1, 0.15) is 23.0 Å². The quantitative estimate of drug-likeness (QED) is 0.430. The summed E-state index contributed by atoms with van der Waals surface area (Å²) in [6.45, 7) is 1.77. The van der Waals surface area contributed by atoms with Crippen LogP contribution in [0.15, 0.2) is 75.8 Å². The lowest BCUT2D eigenvalue weighted by Crippen LogP contribution is -2.21. The maximum absolute atomic E-state index is 12.9. The number of hydrazone groups is 1. The number of carbonyl (C=O) groups is 2. The van der Waals surface area contributed by atoms with Crippen molar-refractivity contribution in [3.05, 3.63) is 82.6 Å². The fourth-order valence-corrected chi connectivity index (χ4v) is 3.21. The van der Waals surface area contributed by atoms with Crippen LogP contribution < -0.4 is 5.01 Å². The number of anilines is 1. The van der Waals surface area contributed by atoms with Crippen molar-refractivity contribution in [1.29, 1.82) is 0 Å². The summed E-state index contributed by atoms with van der Waals surface area (Å²) in [5.74, 6) is 0.406. The molecule has 7 heteroatoms. The average Bonchev–Trinajstić information content (AvgIpc) is 3.34. The maximum atomic E-state index is 12.9. The molecular formula is C23H17ClN2O4. The molecule has 0 atom stereocenters. The summed E-state index contributed by atoms with van der Waals surface area (Å²) in [5, 5.41) is 6.27. The SMILES string of the molecule is COC(=O)c1cccc(-c2ccc(/C=C3/C(=O)N(c4ccc(Cl)cc4)N=C3C)o2)c1. The maximum Gasteiger partial charge on any atom is 0.337 e. The van der Waals surface area contributed by atoms with Gasteiger partial charge in [0.2, 0.25) is 0 Å². The van der Waals surface area contributed by atoms with Crippen molar-refractivity contribution in [1.82, 2.24) is 0 Å². The molecule has 150 valence electrons. The van der Waals surface area contributed by atoms with E-state index in [1.165, 1.54) is 12.1 Å². The van der Waals surface area contributed by atoms with Crippen LogP contribution in [-0.2, 0) is 9.53 Å². The van der Waals surface area contributed by atoms with Gasteiger partial charge in [0.05, 0.1) is 29.6 Å². The Morgan fingerprint density at radius 3 is 2.63 bits per heavy atom. The Bertz CT molecular complexity index is 1190. The van der Waals surface area contributed by atoms with Crippen LogP contribution in [0.3, 0.4) is 0 Å². The predicted octanol–water partition coefficient (Wildman–Crippen LogP) is 5.19. The minimum atomic E-state index is -0.420. The van der Waals surface area contributed by atoms with Crippen LogP contribution in [-0.4, -0.2) is 24.7 Å². The van der Waals surface area contributed by atoms with Crippen molar-refractivity contribution in [3.8, 4) is 11.3 Å². The number of ether oxygens (including phenoxy) is 1. The van der Waals surface area contributed by atoms with E-state index in [1.807, 2.05) is 6.07 Å². The van der Waals surface area contributed by atoms with Gasteiger partial charge in [0.15, 0.2) is 0 Å². The number of esters is 1. The molecule has 2 aromatic carbocycles. The molecule has 0 saturated heterocycles. The first-order chi connectivity index (χ1) is 14.5. The molecule has 0 saturated carbocycles. The highest BCUT2D eigenvalue weighted by molar-refractivity contribution is 6.32. The molecule has 0 spiro atoms. The molecule has 0 radical (unpaired) electrons. The van der Waals surface area contributed by atoms with Gasteiger partial charge in [0.1, 0.15) is 11.5 Å². The van der Waals surface area contributed by atoms with Crippen LogP contribution in [0.5, 0.6) is 0 Å². The zero-order valence-electron chi connectivity index (χ0n) is 16.3. The molecular weight excluding hydrogens is 404 g/mol. The molecule has 0 fully saturated rings. The van der Waals surface area contributed by atoms with Crippen molar-refractivity contribution >= 4 is 41.0 Å². The Morgan fingerprint density at radius 1 is 1.13 bits per heavy atom. The van der Waals surface area contributed by atoms with E-state index >= 15 is 0 Å². The van der Waals surface area contributed by atoms with Crippen molar-refractivity contribution in [2.45, 2.75) is 6.92 Å². The third-order valence-electron chi connectivity index (χ3n) is 4.62. The molecule has 0 aliphatic carbocycles. The van der Waals surface area contributed by atoms with Gasteiger partial charge in [-0.05, 0) is 61.5 Å². The first kappa shape index (κ1) is 19.7. The molecule has 1 aliphatic rings. The summed E-state index contributed by atoms with van der Waals surface area (Å²) in [7, 11) is 1.34. The van der Waals surface area contributed by atoms with Crippen LogP contribution in [0.25, 0.3) is 17.4 Å². The van der Waals surface area contributed by atoms with Gasteiger partial charge in [-0.3, -0.25) is 4.79 Å². The summed E-state index contributed by atoms with van der Waals surface area (Å²) in [5.41, 5.74) is 2.81. The number of amides is 1. The number of furan rings is 1. The molecule has 0 N–H and O–H groups in total. The van der Waals surface area contributed by atoms with Crippen LogP contribution in [0.2, 0.25) is 5.02 Å². The minimum absolute atomic E-state index is 0.250. The molecule has 0 unspecified atom stereocenters. The number of hydrogen-bond acceptors (Lipinski definition) is 5. The normalized spacial score (nSPS) is 14.9. The second-order valence-corrected chi connectivity index (χ2v) is 7.05. The zero-order valence-corrected chi connectivity index (χ0v) is 17.0. The first-order valence-electron chi connectivity index (χ1n) is 9.12. The van der Waals surface area contributed by atoms with Crippen LogP contribution >= 0.6 is 11.6 Å². The number of nitrogens with zero attached hydrogens (tertiary/aromatic N) is 2. The van der Waals surface area contributed by atoms with Gasteiger partial charge in [-0.25, -0.2) is 4.79 Å². The lowest BCUT2D eigenvalue weighted by Gasteiger charge is -2.11. The van der Waals surface area contributed by atoms with Gasteiger partial charge >= 0.3 is 5.97 Å². The standard InChI is InChI=1S/C23H17ClN2O4/c1-14-20(22(27)26(25-14)18-8-6-17(24)7-9-18)13-19-10-11-21(30-19)15-4-3-5-16(12-15)23(28)29-2/h3-13H,1-2H3/b20-13+. The van der Waals surface area contributed by atoms with Gasteiger partial charge in [-0.15, -0.1) is 0 Å². The van der Waals surface area contributed by atoms with Crippen LogP contribution in [0.4, 0.5) is 5.69 Å². The number of rotatable bonds is 4. The monoisotopic (exact) mass is 420 g/mol.